The molecule has 0 spiro atoms. The minimum atomic E-state index is -0.234. The number of nitrogens with zero attached hydrogens (tertiary/aromatic N) is 2. The molecule has 2 N–H and O–H groups in total. The molecule has 1 unspecified atom stereocenters. The number of H-pyrrole nitrogens is 1. The summed E-state index contributed by atoms with van der Waals surface area (Å²) in [4.78, 5) is 5.19. The summed E-state index contributed by atoms with van der Waals surface area (Å²) in [5.74, 6) is 0.533. The van der Waals surface area contributed by atoms with Gasteiger partial charge in [0.1, 0.15) is 11.6 Å². The van der Waals surface area contributed by atoms with Gasteiger partial charge in [-0.3, -0.25) is 5.10 Å². The Morgan fingerprint density at radius 3 is 2.83 bits per heavy atom. The molecule has 0 aliphatic rings. The Hall–Kier alpha value is -1.40. The Morgan fingerprint density at radius 1 is 1.44 bits per heavy atom. The highest BCUT2D eigenvalue weighted by Crippen LogP contribution is 2.31. The summed E-state index contributed by atoms with van der Waals surface area (Å²) in [5, 5.41) is 10.6. The van der Waals surface area contributed by atoms with Crippen LogP contribution in [-0.4, -0.2) is 22.2 Å². The molecule has 0 saturated heterocycles. The third-order valence-electron chi connectivity index (χ3n) is 2.65. The normalized spacial score (nSPS) is 12.7. The van der Waals surface area contributed by atoms with Crippen molar-refractivity contribution in [3.05, 3.63) is 35.4 Å². The SMILES string of the molecule is CNC(C)c1cc(F)ccc1Sc1n[nH]c(C)n1. The highest BCUT2D eigenvalue weighted by atomic mass is 32.2. The molecule has 1 atom stereocenters. The van der Waals surface area contributed by atoms with E-state index in [0.29, 0.717) is 5.16 Å². The zero-order valence-corrected chi connectivity index (χ0v) is 11.3. The molecule has 1 aromatic heterocycles. The maximum Gasteiger partial charge on any atom is 0.213 e. The molecule has 4 nitrogen and oxygen atoms in total. The zero-order chi connectivity index (χ0) is 13.1. The molecule has 2 rings (SSSR count). The molecule has 0 saturated carbocycles. The first-order valence-corrected chi connectivity index (χ1v) is 6.45. The van der Waals surface area contributed by atoms with E-state index in [1.54, 1.807) is 12.1 Å². The molecule has 0 amide bonds. The standard InChI is InChI=1S/C12H15FN4S/c1-7(14-3)10-6-9(13)4-5-11(10)18-12-15-8(2)16-17-12/h4-7,14H,1-3H3,(H,15,16,17). The first-order chi connectivity index (χ1) is 8.60. The van der Waals surface area contributed by atoms with Crippen LogP contribution in [0, 0.1) is 12.7 Å². The molecule has 0 aliphatic heterocycles. The number of aromatic amines is 1. The van der Waals surface area contributed by atoms with Gasteiger partial charge in [-0.1, -0.05) is 0 Å². The summed E-state index contributed by atoms with van der Waals surface area (Å²) in [7, 11) is 1.85. The van der Waals surface area contributed by atoms with Crippen LogP contribution in [0.1, 0.15) is 24.4 Å². The van der Waals surface area contributed by atoms with Crippen molar-refractivity contribution in [2.24, 2.45) is 0 Å². The number of aromatic nitrogens is 3. The molecule has 0 bridgehead atoms. The van der Waals surface area contributed by atoms with Crippen LogP contribution >= 0.6 is 11.8 Å². The lowest BCUT2D eigenvalue weighted by atomic mass is 10.1. The van der Waals surface area contributed by atoms with E-state index < -0.39 is 0 Å². The van der Waals surface area contributed by atoms with Crippen LogP contribution in [0.25, 0.3) is 0 Å². The lowest BCUT2D eigenvalue weighted by molar-refractivity contribution is 0.601. The molecule has 0 radical (unpaired) electrons. The Kier molecular flexibility index (Phi) is 3.98. The second-order valence-corrected chi connectivity index (χ2v) is 5.01. The summed E-state index contributed by atoms with van der Waals surface area (Å²) < 4.78 is 13.3. The van der Waals surface area contributed by atoms with Gasteiger partial charge in [0.15, 0.2) is 0 Å². The van der Waals surface area contributed by atoms with E-state index in [1.807, 2.05) is 20.9 Å². The maximum absolute atomic E-state index is 13.3. The second kappa shape index (κ2) is 5.49. The molecule has 0 fully saturated rings. The van der Waals surface area contributed by atoms with Crippen molar-refractivity contribution in [3.63, 3.8) is 0 Å². The smallest absolute Gasteiger partial charge is 0.213 e. The number of benzene rings is 1. The van der Waals surface area contributed by atoms with Crippen LogP contribution in [0.15, 0.2) is 28.3 Å². The molecule has 18 heavy (non-hydrogen) atoms. The molecule has 1 aromatic carbocycles. The van der Waals surface area contributed by atoms with Crippen molar-refractivity contribution in [1.29, 1.82) is 0 Å². The topological polar surface area (TPSA) is 53.6 Å². The van der Waals surface area contributed by atoms with Crippen LogP contribution in [0.5, 0.6) is 0 Å². The van der Waals surface area contributed by atoms with Gasteiger partial charge in [-0.15, -0.1) is 5.10 Å². The minimum absolute atomic E-state index is 0.0724. The molecular weight excluding hydrogens is 251 g/mol. The maximum atomic E-state index is 13.3. The lowest BCUT2D eigenvalue weighted by Crippen LogP contribution is -2.13. The van der Waals surface area contributed by atoms with Crippen LogP contribution < -0.4 is 5.32 Å². The number of rotatable bonds is 4. The van der Waals surface area contributed by atoms with Gasteiger partial charge in [0.05, 0.1) is 0 Å². The van der Waals surface area contributed by atoms with E-state index in [1.165, 1.54) is 17.8 Å². The summed E-state index contributed by atoms with van der Waals surface area (Å²) in [6.07, 6.45) is 0. The molecule has 6 heteroatoms. The third-order valence-corrected chi connectivity index (χ3v) is 3.61. The van der Waals surface area contributed by atoms with Crippen LogP contribution in [0.2, 0.25) is 0 Å². The Balaban J connectivity index is 2.31. The highest BCUT2D eigenvalue weighted by Gasteiger charge is 2.13. The van der Waals surface area contributed by atoms with E-state index in [-0.39, 0.29) is 11.9 Å². The summed E-state index contributed by atoms with van der Waals surface area (Å²) in [5.41, 5.74) is 0.907. The summed E-state index contributed by atoms with van der Waals surface area (Å²) in [6.45, 7) is 3.83. The number of hydrogen-bond acceptors (Lipinski definition) is 4. The van der Waals surface area contributed by atoms with Gasteiger partial charge in [0, 0.05) is 10.9 Å². The minimum Gasteiger partial charge on any atom is -0.313 e. The second-order valence-electron chi connectivity index (χ2n) is 4.00. The molecule has 2 aromatic rings. The predicted octanol–water partition coefficient (Wildman–Crippen LogP) is 2.68. The zero-order valence-electron chi connectivity index (χ0n) is 10.5. The quantitative estimate of drug-likeness (QED) is 0.893. The average Bonchev–Trinajstić information content (AvgIpc) is 2.76. The fraction of sp³-hybridized carbons (Fsp3) is 0.333. The van der Waals surface area contributed by atoms with E-state index >= 15 is 0 Å². The molecule has 0 aliphatic carbocycles. The predicted molar refractivity (Wildman–Crippen MR) is 69.1 cm³/mol. The fourth-order valence-corrected chi connectivity index (χ4v) is 2.53. The Labute approximate surface area is 109 Å². The van der Waals surface area contributed by atoms with E-state index in [9.17, 15) is 4.39 Å². The van der Waals surface area contributed by atoms with Gasteiger partial charge in [-0.25, -0.2) is 9.37 Å². The van der Waals surface area contributed by atoms with Crippen molar-refractivity contribution < 1.29 is 4.39 Å². The van der Waals surface area contributed by atoms with Gasteiger partial charge in [-0.2, -0.15) is 0 Å². The number of aryl methyl sites for hydroxylation is 1. The average molecular weight is 266 g/mol. The van der Waals surface area contributed by atoms with Crippen molar-refractivity contribution >= 4 is 11.8 Å². The van der Waals surface area contributed by atoms with Gasteiger partial charge in [-0.05, 0) is 56.4 Å². The first kappa shape index (κ1) is 13.0. The van der Waals surface area contributed by atoms with Gasteiger partial charge >= 0.3 is 0 Å². The molecule has 1 heterocycles. The lowest BCUT2D eigenvalue weighted by Gasteiger charge is -2.14. The van der Waals surface area contributed by atoms with E-state index in [0.717, 1.165) is 16.3 Å². The van der Waals surface area contributed by atoms with E-state index in [4.69, 9.17) is 0 Å². The van der Waals surface area contributed by atoms with E-state index in [2.05, 4.69) is 20.5 Å². The molecular formula is C12H15FN4S. The van der Waals surface area contributed by atoms with Crippen molar-refractivity contribution in [2.75, 3.05) is 7.05 Å². The summed E-state index contributed by atoms with van der Waals surface area (Å²) >= 11 is 1.43. The van der Waals surface area contributed by atoms with Crippen LogP contribution in [-0.2, 0) is 0 Å². The fourth-order valence-electron chi connectivity index (χ4n) is 1.57. The van der Waals surface area contributed by atoms with Crippen molar-refractivity contribution in [1.82, 2.24) is 20.5 Å². The monoisotopic (exact) mass is 266 g/mol. The first-order valence-electron chi connectivity index (χ1n) is 5.63. The van der Waals surface area contributed by atoms with Gasteiger partial charge in [0.25, 0.3) is 0 Å². The third kappa shape index (κ3) is 2.88. The number of nitrogens with one attached hydrogen (secondary N) is 2. The van der Waals surface area contributed by atoms with Gasteiger partial charge < -0.3 is 5.32 Å². The van der Waals surface area contributed by atoms with Crippen molar-refractivity contribution in [3.8, 4) is 0 Å². The van der Waals surface area contributed by atoms with Gasteiger partial charge in [0.2, 0.25) is 5.16 Å². The Bertz CT molecular complexity index is 541. The largest absolute Gasteiger partial charge is 0.313 e. The van der Waals surface area contributed by atoms with Crippen LogP contribution in [0.4, 0.5) is 4.39 Å². The number of halogens is 1. The molecule has 96 valence electrons. The summed E-state index contributed by atoms with van der Waals surface area (Å²) in [6, 6.07) is 4.83. The van der Waals surface area contributed by atoms with Crippen molar-refractivity contribution in [2.45, 2.75) is 29.9 Å². The highest BCUT2D eigenvalue weighted by molar-refractivity contribution is 7.99. The Morgan fingerprint density at radius 2 is 2.22 bits per heavy atom. The van der Waals surface area contributed by atoms with Crippen LogP contribution in [0.3, 0.4) is 0 Å². The number of hydrogen-bond donors (Lipinski definition) is 2.